The van der Waals surface area contributed by atoms with Crippen LogP contribution in [-0.2, 0) is 4.79 Å². The van der Waals surface area contributed by atoms with Gasteiger partial charge in [0.15, 0.2) is 0 Å². The molecule has 0 saturated heterocycles. The number of hydrogen-bond donors (Lipinski definition) is 2. The van der Waals surface area contributed by atoms with Gasteiger partial charge in [-0.1, -0.05) is 6.08 Å². The molecule has 1 rings (SSSR count). The summed E-state index contributed by atoms with van der Waals surface area (Å²) in [5.41, 5.74) is 0.534. The summed E-state index contributed by atoms with van der Waals surface area (Å²) >= 11 is 0. The van der Waals surface area contributed by atoms with E-state index in [1.807, 2.05) is 6.92 Å². The van der Waals surface area contributed by atoms with E-state index in [0.29, 0.717) is 12.0 Å². The van der Waals surface area contributed by atoms with Crippen LogP contribution in [0, 0.1) is 0 Å². The summed E-state index contributed by atoms with van der Waals surface area (Å²) in [6, 6.07) is 0.208. The third-order valence-electron chi connectivity index (χ3n) is 1.59. The van der Waals surface area contributed by atoms with Gasteiger partial charge in [-0.25, -0.2) is 4.79 Å². The Morgan fingerprint density at radius 3 is 3.00 bits per heavy atom. The van der Waals surface area contributed by atoms with Crippen LogP contribution in [0.15, 0.2) is 11.6 Å². The highest BCUT2D eigenvalue weighted by atomic mass is 16.4. The molecule has 2 N–H and O–H groups in total. The lowest BCUT2D eigenvalue weighted by Crippen LogP contribution is -2.31. The molecular formula is C7H11NO2. The molecule has 0 fully saturated rings. The van der Waals surface area contributed by atoms with Gasteiger partial charge in [0.05, 0.1) is 0 Å². The van der Waals surface area contributed by atoms with Crippen LogP contribution in [0.3, 0.4) is 0 Å². The predicted molar refractivity (Wildman–Crippen MR) is 37.8 cm³/mol. The highest BCUT2D eigenvalue weighted by molar-refractivity contribution is 5.86. The van der Waals surface area contributed by atoms with E-state index in [2.05, 4.69) is 5.32 Å². The Kier molecular flexibility index (Phi) is 2.06. The Hall–Kier alpha value is -0.830. The topological polar surface area (TPSA) is 49.3 Å². The maximum Gasteiger partial charge on any atom is 0.331 e. The molecule has 0 radical (unpaired) electrons. The van der Waals surface area contributed by atoms with Crippen molar-refractivity contribution < 1.29 is 9.90 Å². The van der Waals surface area contributed by atoms with Crippen molar-refractivity contribution in [3.63, 3.8) is 0 Å². The summed E-state index contributed by atoms with van der Waals surface area (Å²) in [6.45, 7) is 2.72. The molecule has 1 atom stereocenters. The largest absolute Gasteiger partial charge is 0.478 e. The molecule has 56 valence electrons. The van der Waals surface area contributed by atoms with E-state index >= 15 is 0 Å². The van der Waals surface area contributed by atoms with E-state index < -0.39 is 5.97 Å². The quantitative estimate of drug-likeness (QED) is 0.555. The molecule has 0 saturated carbocycles. The Bertz CT molecular complexity index is 174. The van der Waals surface area contributed by atoms with Crippen LogP contribution in [-0.4, -0.2) is 23.7 Å². The number of carboxylic acid groups (broad SMARTS) is 1. The molecule has 0 aromatic rings. The molecule has 0 spiro atoms. The molecule has 0 bridgehead atoms. The fourth-order valence-electron chi connectivity index (χ4n) is 1.06. The number of nitrogens with one attached hydrogen (secondary N) is 1. The predicted octanol–water partition coefficient (Wildman–Crippen LogP) is 0.379. The van der Waals surface area contributed by atoms with Crippen LogP contribution in [0.1, 0.15) is 13.3 Å². The van der Waals surface area contributed by atoms with Gasteiger partial charge < -0.3 is 10.4 Å². The SMILES string of the molecule is C[C@H]1C=C(C(=O)O)CCN1. The van der Waals surface area contributed by atoms with E-state index in [-0.39, 0.29) is 6.04 Å². The van der Waals surface area contributed by atoms with Gasteiger partial charge >= 0.3 is 5.97 Å². The minimum atomic E-state index is -0.784. The Labute approximate surface area is 59.7 Å². The maximum absolute atomic E-state index is 10.4. The minimum Gasteiger partial charge on any atom is -0.478 e. The van der Waals surface area contributed by atoms with Gasteiger partial charge in [-0.15, -0.1) is 0 Å². The van der Waals surface area contributed by atoms with Crippen molar-refractivity contribution in [3.8, 4) is 0 Å². The smallest absolute Gasteiger partial charge is 0.331 e. The van der Waals surface area contributed by atoms with E-state index in [9.17, 15) is 4.79 Å². The van der Waals surface area contributed by atoms with Gasteiger partial charge in [0.2, 0.25) is 0 Å². The standard InChI is InChI=1S/C7H11NO2/c1-5-4-6(7(9)10)2-3-8-5/h4-5,8H,2-3H2,1H3,(H,9,10)/t5-/m0/s1. The third kappa shape index (κ3) is 1.57. The van der Waals surface area contributed by atoms with E-state index in [1.54, 1.807) is 6.08 Å². The Balaban J connectivity index is 2.66. The molecule has 1 aliphatic heterocycles. The highest BCUT2D eigenvalue weighted by Gasteiger charge is 2.13. The summed E-state index contributed by atoms with van der Waals surface area (Å²) in [5, 5.41) is 11.7. The van der Waals surface area contributed by atoms with Gasteiger partial charge in [-0.3, -0.25) is 0 Å². The van der Waals surface area contributed by atoms with Gasteiger partial charge in [-0.2, -0.15) is 0 Å². The molecule has 0 unspecified atom stereocenters. The summed E-state index contributed by atoms with van der Waals surface area (Å²) in [4.78, 5) is 10.4. The summed E-state index contributed by atoms with van der Waals surface area (Å²) < 4.78 is 0. The van der Waals surface area contributed by atoms with Gasteiger partial charge in [0.25, 0.3) is 0 Å². The van der Waals surface area contributed by atoms with Crippen LogP contribution < -0.4 is 5.32 Å². The van der Waals surface area contributed by atoms with Crippen LogP contribution in [0.2, 0.25) is 0 Å². The van der Waals surface area contributed by atoms with E-state index in [0.717, 1.165) is 6.54 Å². The number of carboxylic acids is 1. The lowest BCUT2D eigenvalue weighted by molar-refractivity contribution is -0.132. The molecule has 0 amide bonds. The van der Waals surface area contributed by atoms with E-state index in [1.165, 1.54) is 0 Å². The zero-order chi connectivity index (χ0) is 7.56. The second-order valence-corrected chi connectivity index (χ2v) is 2.49. The molecule has 0 aliphatic carbocycles. The Morgan fingerprint density at radius 2 is 2.60 bits per heavy atom. The lowest BCUT2D eigenvalue weighted by atomic mass is 10.1. The zero-order valence-electron chi connectivity index (χ0n) is 5.92. The molecule has 1 aliphatic rings. The van der Waals surface area contributed by atoms with Crippen LogP contribution >= 0.6 is 0 Å². The van der Waals surface area contributed by atoms with Gasteiger partial charge in [0.1, 0.15) is 0 Å². The first-order valence-corrected chi connectivity index (χ1v) is 3.37. The molecule has 3 nitrogen and oxygen atoms in total. The second-order valence-electron chi connectivity index (χ2n) is 2.49. The normalized spacial score (nSPS) is 25.7. The zero-order valence-corrected chi connectivity index (χ0v) is 5.92. The fourth-order valence-corrected chi connectivity index (χ4v) is 1.06. The first-order chi connectivity index (χ1) is 4.70. The average molecular weight is 141 g/mol. The van der Waals surface area contributed by atoms with Crippen LogP contribution in [0.5, 0.6) is 0 Å². The lowest BCUT2D eigenvalue weighted by Gasteiger charge is -2.16. The molecule has 0 aromatic heterocycles. The average Bonchev–Trinajstić information content (AvgIpc) is 1.88. The fraction of sp³-hybridized carbons (Fsp3) is 0.571. The second kappa shape index (κ2) is 2.84. The van der Waals surface area contributed by atoms with E-state index in [4.69, 9.17) is 5.11 Å². The van der Waals surface area contributed by atoms with Crippen molar-refractivity contribution in [3.05, 3.63) is 11.6 Å². The number of rotatable bonds is 1. The maximum atomic E-state index is 10.4. The first-order valence-electron chi connectivity index (χ1n) is 3.37. The molecule has 1 heterocycles. The number of aliphatic carboxylic acids is 1. The summed E-state index contributed by atoms with van der Waals surface area (Å²) in [6.07, 6.45) is 2.39. The number of hydrogen-bond acceptors (Lipinski definition) is 2. The molecule has 3 heteroatoms. The summed E-state index contributed by atoms with van der Waals surface area (Å²) in [7, 11) is 0. The van der Waals surface area contributed by atoms with Gasteiger partial charge in [-0.05, 0) is 19.9 Å². The molecule has 10 heavy (non-hydrogen) atoms. The van der Waals surface area contributed by atoms with Gasteiger partial charge in [0, 0.05) is 11.6 Å². The van der Waals surface area contributed by atoms with Crippen LogP contribution in [0.4, 0.5) is 0 Å². The highest BCUT2D eigenvalue weighted by Crippen LogP contribution is 2.07. The van der Waals surface area contributed by atoms with Crippen molar-refractivity contribution in [1.82, 2.24) is 5.32 Å². The van der Waals surface area contributed by atoms with Crippen molar-refractivity contribution in [2.24, 2.45) is 0 Å². The monoisotopic (exact) mass is 141 g/mol. The van der Waals surface area contributed by atoms with Crippen molar-refractivity contribution in [2.75, 3.05) is 6.54 Å². The summed E-state index contributed by atoms with van der Waals surface area (Å²) in [5.74, 6) is -0.784. The van der Waals surface area contributed by atoms with Crippen molar-refractivity contribution in [2.45, 2.75) is 19.4 Å². The van der Waals surface area contributed by atoms with Crippen molar-refractivity contribution in [1.29, 1.82) is 0 Å². The Morgan fingerprint density at radius 1 is 1.90 bits per heavy atom. The number of carbonyl (C=O) groups is 1. The first kappa shape index (κ1) is 7.28. The molecule has 0 aromatic carbocycles. The van der Waals surface area contributed by atoms with Crippen LogP contribution in [0.25, 0.3) is 0 Å². The molecular weight excluding hydrogens is 130 g/mol. The minimum absolute atomic E-state index is 0.208. The third-order valence-corrected chi connectivity index (χ3v) is 1.59. The van der Waals surface area contributed by atoms with Crippen molar-refractivity contribution >= 4 is 5.97 Å².